The summed E-state index contributed by atoms with van der Waals surface area (Å²) < 4.78 is 0. The minimum atomic E-state index is 0.0542. The van der Waals surface area contributed by atoms with Crippen LogP contribution in [0, 0.1) is 0 Å². The van der Waals surface area contributed by atoms with Gasteiger partial charge in [-0.25, -0.2) is 4.79 Å². The highest BCUT2D eigenvalue weighted by atomic mass is 35.5. The van der Waals surface area contributed by atoms with Gasteiger partial charge in [-0.05, 0) is 29.5 Å². The molecule has 2 amide bonds. The third kappa shape index (κ3) is 3.82. The SMILES string of the molecule is CN(C)C(=O)N1CCN(Cn2nnc(-c3ccc(Cl)cc3)n2)CC1. The van der Waals surface area contributed by atoms with Gasteiger partial charge >= 0.3 is 6.03 Å². The summed E-state index contributed by atoms with van der Waals surface area (Å²) in [5.41, 5.74) is 0.882. The summed E-state index contributed by atoms with van der Waals surface area (Å²) in [6.45, 7) is 3.55. The van der Waals surface area contributed by atoms with E-state index < -0.39 is 0 Å². The molecule has 0 spiro atoms. The van der Waals surface area contributed by atoms with Gasteiger partial charge in [-0.1, -0.05) is 11.6 Å². The second-order valence-corrected chi connectivity index (χ2v) is 6.35. The van der Waals surface area contributed by atoms with Crippen molar-refractivity contribution in [3.8, 4) is 11.4 Å². The molecular formula is C15H20ClN7O. The van der Waals surface area contributed by atoms with E-state index >= 15 is 0 Å². The van der Waals surface area contributed by atoms with Crippen molar-refractivity contribution in [2.75, 3.05) is 40.3 Å². The number of carbonyl (C=O) groups is 1. The molecule has 1 saturated heterocycles. The number of urea groups is 1. The lowest BCUT2D eigenvalue weighted by atomic mass is 10.2. The second-order valence-electron chi connectivity index (χ2n) is 5.92. The monoisotopic (exact) mass is 349 g/mol. The van der Waals surface area contributed by atoms with Crippen molar-refractivity contribution in [2.45, 2.75) is 6.67 Å². The molecule has 2 aromatic rings. The molecule has 3 rings (SSSR count). The Labute approximate surface area is 145 Å². The molecule has 0 aliphatic carbocycles. The Hall–Kier alpha value is -2.19. The van der Waals surface area contributed by atoms with Crippen LogP contribution in [0.1, 0.15) is 0 Å². The van der Waals surface area contributed by atoms with Crippen LogP contribution in [-0.4, -0.2) is 81.2 Å². The van der Waals surface area contributed by atoms with E-state index in [2.05, 4.69) is 20.3 Å². The van der Waals surface area contributed by atoms with Crippen molar-refractivity contribution < 1.29 is 4.79 Å². The van der Waals surface area contributed by atoms with Gasteiger partial charge in [-0.2, -0.15) is 0 Å². The van der Waals surface area contributed by atoms with Crippen LogP contribution < -0.4 is 0 Å². The van der Waals surface area contributed by atoms with E-state index in [0.717, 1.165) is 18.7 Å². The quantitative estimate of drug-likeness (QED) is 0.834. The van der Waals surface area contributed by atoms with E-state index in [-0.39, 0.29) is 6.03 Å². The summed E-state index contributed by atoms with van der Waals surface area (Å²) in [7, 11) is 3.54. The standard InChI is InChI=1S/C15H20ClN7O/c1-20(2)15(24)22-9-7-21(8-10-22)11-23-18-14(17-19-23)12-3-5-13(16)6-4-12/h3-6H,7-11H2,1-2H3. The number of hydrogen-bond donors (Lipinski definition) is 0. The van der Waals surface area contributed by atoms with Crippen molar-refractivity contribution in [3.63, 3.8) is 0 Å². The van der Waals surface area contributed by atoms with Crippen LogP contribution in [0.5, 0.6) is 0 Å². The van der Waals surface area contributed by atoms with Crippen LogP contribution in [0.4, 0.5) is 4.79 Å². The van der Waals surface area contributed by atoms with Gasteiger partial charge in [0.05, 0.1) is 0 Å². The molecule has 0 N–H and O–H groups in total. The van der Waals surface area contributed by atoms with Crippen molar-refractivity contribution in [3.05, 3.63) is 29.3 Å². The number of amides is 2. The smallest absolute Gasteiger partial charge is 0.319 e. The third-order valence-electron chi connectivity index (χ3n) is 3.91. The van der Waals surface area contributed by atoms with Crippen LogP contribution in [0.3, 0.4) is 0 Å². The van der Waals surface area contributed by atoms with Crippen LogP contribution >= 0.6 is 11.6 Å². The van der Waals surface area contributed by atoms with Crippen LogP contribution in [0.25, 0.3) is 11.4 Å². The Kier molecular flexibility index (Phi) is 4.96. The highest BCUT2D eigenvalue weighted by Gasteiger charge is 2.22. The van der Waals surface area contributed by atoms with E-state index in [4.69, 9.17) is 11.6 Å². The summed E-state index contributed by atoms with van der Waals surface area (Å²) in [4.78, 5) is 19.2. The number of benzene rings is 1. The average Bonchev–Trinajstić information content (AvgIpc) is 3.04. The van der Waals surface area contributed by atoms with Crippen LogP contribution in [-0.2, 0) is 6.67 Å². The average molecular weight is 350 g/mol. The first-order valence-electron chi connectivity index (χ1n) is 7.75. The van der Waals surface area contributed by atoms with Crippen molar-refractivity contribution in [1.82, 2.24) is 34.9 Å². The topological polar surface area (TPSA) is 70.4 Å². The zero-order valence-corrected chi connectivity index (χ0v) is 14.5. The molecule has 1 aromatic heterocycles. The number of carbonyl (C=O) groups excluding carboxylic acids is 1. The molecule has 24 heavy (non-hydrogen) atoms. The molecule has 2 heterocycles. The fraction of sp³-hybridized carbons (Fsp3) is 0.467. The number of aromatic nitrogens is 4. The predicted octanol–water partition coefficient (Wildman–Crippen LogP) is 1.25. The predicted molar refractivity (Wildman–Crippen MR) is 90.5 cm³/mol. The number of piperazine rings is 1. The summed E-state index contributed by atoms with van der Waals surface area (Å²) in [6, 6.07) is 7.40. The van der Waals surface area contributed by atoms with Gasteiger partial charge < -0.3 is 9.80 Å². The summed E-state index contributed by atoms with van der Waals surface area (Å²) in [5.74, 6) is 0.577. The molecule has 8 nitrogen and oxygen atoms in total. The highest BCUT2D eigenvalue weighted by molar-refractivity contribution is 6.30. The van der Waals surface area contributed by atoms with Gasteiger partial charge in [-0.3, -0.25) is 4.90 Å². The number of nitrogens with zero attached hydrogens (tertiary/aromatic N) is 7. The number of hydrogen-bond acceptors (Lipinski definition) is 5. The fourth-order valence-electron chi connectivity index (χ4n) is 2.56. The minimum absolute atomic E-state index is 0.0542. The Morgan fingerprint density at radius 3 is 2.46 bits per heavy atom. The molecule has 0 bridgehead atoms. The molecule has 1 fully saturated rings. The maximum absolute atomic E-state index is 11.9. The van der Waals surface area contributed by atoms with Crippen LogP contribution in [0.2, 0.25) is 5.02 Å². The Balaban J connectivity index is 1.56. The molecular weight excluding hydrogens is 330 g/mol. The Morgan fingerprint density at radius 2 is 1.83 bits per heavy atom. The van der Waals surface area contributed by atoms with Crippen molar-refractivity contribution in [1.29, 1.82) is 0 Å². The lowest BCUT2D eigenvalue weighted by Crippen LogP contribution is -2.51. The molecule has 0 saturated carbocycles. The number of halogens is 1. The van der Waals surface area contributed by atoms with Crippen LogP contribution in [0.15, 0.2) is 24.3 Å². The zero-order chi connectivity index (χ0) is 17.1. The first-order valence-corrected chi connectivity index (χ1v) is 8.13. The highest BCUT2D eigenvalue weighted by Crippen LogP contribution is 2.17. The molecule has 1 aliphatic heterocycles. The Bertz CT molecular complexity index is 692. The van der Waals surface area contributed by atoms with E-state index in [0.29, 0.717) is 30.6 Å². The maximum atomic E-state index is 11.9. The largest absolute Gasteiger partial charge is 0.331 e. The normalized spacial score (nSPS) is 15.5. The lowest BCUT2D eigenvalue weighted by Gasteiger charge is -2.35. The summed E-state index contributed by atoms with van der Waals surface area (Å²) in [5, 5.41) is 13.3. The third-order valence-corrected chi connectivity index (χ3v) is 4.16. The molecule has 0 unspecified atom stereocenters. The molecule has 1 aromatic carbocycles. The first kappa shape index (κ1) is 16.7. The van der Waals surface area contributed by atoms with Gasteiger partial charge in [0.15, 0.2) is 0 Å². The fourth-order valence-corrected chi connectivity index (χ4v) is 2.69. The van der Waals surface area contributed by atoms with Gasteiger partial charge in [-0.15, -0.1) is 15.0 Å². The minimum Gasteiger partial charge on any atom is -0.331 e. The molecule has 1 aliphatic rings. The number of tetrazole rings is 1. The summed E-state index contributed by atoms with van der Waals surface area (Å²) in [6.07, 6.45) is 0. The molecule has 0 atom stereocenters. The molecule has 128 valence electrons. The van der Waals surface area contributed by atoms with Crippen molar-refractivity contribution >= 4 is 17.6 Å². The second kappa shape index (κ2) is 7.14. The maximum Gasteiger partial charge on any atom is 0.319 e. The van der Waals surface area contributed by atoms with Gasteiger partial charge in [0.25, 0.3) is 0 Å². The Morgan fingerprint density at radius 1 is 1.17 bits per heavy atom. The van der Waals surface area contributed by atoms with E-state index in [9.17, 15) is 4.79 Å². The van der Waals surface area contributed by atoms with E-state index in [1.807, 2.05) is 17.0 Å². The summed E-state index contributed by atoms with van der Waals surface area (Å²) >= 11 is 5.89. The number of rotatable bonds is 3. The molecule has 0 radical (unpaired) electrons. The van der Waals surface area contributed by atoms with Gasteiger partial charge in [0, 0.05) is 50.9 Å². The zero-order valence-electron chi connectivity index (χ0n) is 13.8. The van der Waals surface area contributed by atoms with E-state index in [1.165, 1.54) is 0 Å². The lowest BCUT2D eigenvalue weighted by molar-refractivity contribution is 0.0984. The first-order chi connectivity index (χ1) is 11.5. The van der Waals surface area contributed by atoms with Gasteiger partial charge in [0.1, 0.15) is 6.67 Å². The van der Waals surface area contributed by atoms with Gasteiger partial charge in [0.2, 0.25) is 5.82 Å². The van der Waals surface area contributed by atoms with E-state index in [1.54, 1.807) is 35.9 Å². The van der Waals surface area contributed by atoms with Crippen molar-refractivity contribution in [2.24, 2.45) is 0 Å². The molecule has 9 heteroatoms.